The molecule has 0 saturated carbocycles. The molecule has 0 unspecified atom stereocenters. The van der Waals surface area contributed by atoms with Crippen LogP contribution in [0.4, 0.5) is 0 Å². The topological polar surface area (TPSA) is 25.3 Å². The summed E-state index contributed by atoms with van der Waals surface area (Å²) < 4.78 is 1.67. The average Bonchev–Trinajstić information content (AvgIpc) is 1.61. The van der Waals surface area contributed by atoms with Crippen LogP contribution in [0.3, 0.4) is 0 Å². The van der Waals surface area contributed by atoms with E-state index in [4.69, 9.17) is 0 Å². The summed E-state index contributed by atoms with van der Waals surface area (Å²) in [5.74, 6) is 0. The molecule has 0 saturated heterocycles. The van der Waals surface area contributed by atoms with E-state index in [1.807, 2.05) is 0 Å². The van der Waals surface area contributed by atoms with E-state index in [9.17, 15) is 5.53 Å². The molecule has 0 spiro atoms. The molecule has 1 aliphatic rings. The Labute approximate surface area is 615 Å². The Morgan fingerprint density at radius 3 is 0.608 bits per heavy atom. The normalized spacial score (nSPS) is 12.6. The molecule has 0 bridgehead atoms. The van der Waals surface area contributed by atoms with Gasteiger partial charge in [0.15, 0.2) is 0 Å². The van der Waals surface area contributed by atoms with Crippen molar-refractivity contribution in [3.63, 3.8) is 0 Å². The Hall–Kier alpha value is -1.99. The molecule has 3 heteroatoms. The number of nitrogens with zero attached hydrogens (tertiary/aromatic N) is 2. The average molecular weight is 1390 g/mol. The summed E-state index contributed by atoms with van der Waals surface area (Å²) in [5.41, 5.74) is 25.7. The van der Waals surface area contributed by atoms with E-state index < -0.39 is 0 Å². The number of benzene rings is 2. The smallest absolute Gasteiger partial charge is 0.493 e. The molecule has 0 N–H and O–H groups in total. The fourth-order valence-corrected chi connectivity index (χ4v) is 16.4. The molecule has 97 heavy (non-hydrogen) atoms. The summed E-state index contributed by atoms with van der Waals surface area (Å²) in [5, 5.41) is 2.87. The second kappa shape index (κ2) is 69.7. The third-order valence-electron chi connectivity index (χ3n) is 21.5. The Bertz CT molecular complexity index is 2010. The second-order valence-corrected chi connectivity index (χ2v) is 32.6. The minimum atomic E-state index is 1.04. The van der Waals surface area contributed by atoms with Crippen LogP contribution in [0.2, 0.25) is 10.8 Å². The van der Waals surface area contributed by atoms with E-state index in [0.29, 0.717) is 0 Å². The summed E-state index contributed by atoms with van der Waals surface area (Å²) in [6.45, 7) is 18.4. The van der Waals surface area contributed by atoms with Crippen molar-refractivity contribution in [1.82, 2.24) is 0 Å². The Morgan fingerprint density at radius 1 is 0.206 bits per heavy atom. The van der Waals surface area contributed by atoms with Crippen molar-refractivity contribution < 1.29 is 19.1 Å². The monoisotopic (exact) mass is 1390 g/mol. The molecule has 0 atom stereocenters. The number of unbranched alkanes of at least 4 members (excludes halogenated alkanes) is 54. The number of allylic oxidation sites excluding steroid dienone is 2. The van der Waals surface area contributed by atoms with E-state index in [1.165, 1.54) is 453 Å². The van der Waals surface area contributed by atoms with Crippen molar-refractivity contribution in [3.8, 4) is 0 Å². The first-order valence-corrected chi connectivity index (χ1v) is 46.0. The molecule has 0 aliphatic carbocycles. The van der Waals surface area contributed by atoms with Crippen molar-refractivity contribution in [1.29, 1.82) is 0 Å². The van der Waals surface area contributed by atoms with Crippen molar-refractivity contribution in [2.24, 2.45) is 0 Å². The maximum absolute atomic E-state index is 12.5. The molecule has 0 amide bonds. The van der Waals surface area contributed by atoms with Gasteiger partial charge in [-0.05, 0) is 124 Å². The van der Waals surface area contributed by atoms with Gasteiger partial charge >= 0.3 is 166 Å². The van der Waals surface area contributed by atoms with Crippen LogP contribution >= 0.6 is 0 Å². The molecular weight excluding hydrogens is 1220 g/mol. The third kappa shape index (κ3) is 50.1. The minimum Gasteiger partial charge on any atom is -0.493 e. The van der Waals surface area contributed by atoms with Gasteiger partial charge in [-0.15, -0.1) is 0 Å². The van der Waals surface area contributed by atoms with Gasteiger partial charge in [0, 0.05) is 22.3 Å². The molecule has 3 rings (SSSR count). The van der Waals surface area contributed by atoms with Gasteiger partial charge in [0.1, 0.15) is 0 Å². The molecule has 1 heterocycles. The molecule has 0 fully saturated rings. The van der Waals surface area contributed by atoms with Crippen molar-refractivity contribution in [3.05, 3.63) is 86.5 Å². The van der Waals surface area contributed by atoms with Crippen LogP contribution in [0, 0.1) is 0 Å². The van der Waals surface area contributed by atoms with Gasteiger partial charge in [-0.3, -0.25) is 0 Å². The van der Waals surface area contributed by atoms with Gasteiger partial charge in [0.25, 0.3) is 0 Å². The first kappa shape index (κ1) is 91.1. The summed E-state index contributed by atoms with van der Waals surface area (Å²) in [4.78, 5) is 0. The van der Waals surface area contributed by atoms with E-state index in [0.717, 1.165) is 49.9 Å². The van der Waals surface area contributed by atoms with Crippen molar-refractivity contribution in [2.75, 3.05) is 0 Å². The van der Waals surface area contributed by atoms with Crippen LogP contribution in [0.1, 0.15) is 500 Å². The Kier molecular flexibility index (Phi) is 65.5. The Morgan fingerprint density at radius 2 is 0.381 bits per heavy atom. The second-order valence-electron chi connectivity index (χ2n) is 31.1. The quantitative estimate of drug-likeness (QED) is 0.0358. The van der Waals surface area contributed by atoms with Gasteiger partial charge in [0.2, 0.25) is 11.4 Å². The zero-order chi connectivity index (χ0) is 69.8. The molecule has 0 radical (unpaired) electrons. The van der Waals surface area contributed by atoms with Crippen LogP contribution in [0.15, 0.2) is 47.5 Å². The number of hydrogen-bond acceptors (Lipinski definition) is 0. The van der Waals surface area contributed by atoms with E-state index in [-0.39, 0.29) is 0 Å². The van der Waals surface area contributed by atoms with Gasteiger partial charge in [-0.25, -0.2) is 4.70 Å². The van der Waals surface area contributed by atoms with Crippen LogP contribution in [0.25, 0.3) is 16.9 Å². The zero-order valence-electron chi connectivity index (χ0n) is 67.2. The van der Waals surface area contributed by atoms with Gasteiger partial charge < -0.3 is 5.53 Å². The third-order valence-corrected chi connectivity index (χ3v) is 22.9. The van der Waals surface area contributed by atoms with Crippen molar-refractivity contribution in [2.45, 2.75) is 503 Å². The van der Waals surface area contributed by atoms with Gasteiger partial charge in [0.05, 0.1) is 0 Å². The van der Waals surface area contributed by atoms with E-state index in [2.05, 4.69) is 106 Å². The number of aryl methyl sites for hydroxylation is 4. The molecule has 1 aliphatic heterocycles. The van der Waals surface area contributed by atoms with Crippen LogP contribution < -0.4 is 0 Å². The SMILES string of the molecule is CCCCCCCCCCCCCCCCCCCCCCC[CH2][Ni][CH2]CCCCCCCCCCCCCCCCCCCCCCC.CCCCCCc1cc(CCCCCC)cc(C2=C(CCCCC)C(CCCCC)=C(c3cc(CCCC)cc(CCCC)c3)[N+]2=[N-])c1. The van der Waals surface area contributed by atoms with Crippen LogP contribution in [0.5, 0.6) is 0 Å². The predicted molar refractivity (Wildman–Crippen MR) is 436 cm³/mol. The molecule has 2 nitrogen and oxygen atoms in total. The molecule has 2 aromatic rings. The standard InChI is InChI=1S/C46H72N2.2C24H49.Ni/c1-7-13-19-23-27-39-32-40(28-24-20-14-8-2)36-42(35-39)46-44(30-22-16-10-4)43(29-21-15-9-3)45(48(46)47)41-33-37(25-17-11-5)31-38(34-41)26-18-12-6;2*1-3-5-7-9-11-13-15-17-19-21-23-24-22-20-18-16-14-12-10-8-6-4-2;/h31-36H,7-30H2,1-6H3;2*1,3-24H2,2H3;. The van der Waals surface area contributed by atoms with Crippen LogP contribution in [-0.2, 0) is 40.1 Å². The number of hydrogen-bond donors (Lipinski definition) is 0. The first-order valence-electron chi connectivity index (χ1n) is 44.6. The summed E-state index contributed by atoms with van der Waals surface area (Å²) in [6, 6.07) is 14.7. The van der Waals surface area contributed by atoms with Gasteiger partial charge in [-0.2, -0.15) is 0 Å². The molecule has 2 aromatic carbocycles. The van der Waals surface area contributed by atoms with Gasteiger partial charge in [-0.1, -0.05) is 286 Å². The summed E-state index contributed by atoms with van der Waals surface area (Å²) in [6.07, 6.45) is 94.0. The maximum atomic E-state index is 12.5. The zero-order valence-corrected chi connectivity index (χ0v) is 68.2. The summed E-state index contributed by atoms with van der Waals surface area (Å²) in [7, 11) is 0. The van der Waals surface area contributed by atoms with E-state index in [1.54, 1.807) is 4.70 Å². The predicted octanol–water partition coefficient (Wildman–Crippen LogP) is 34.1. The van der Waals surface area contributed by atoms with Crippen LogP contribution in [-0.4, -0.2) is 4.70 Å². The molecule has 0 aromatic heterocycles. The molecule has 566 valence electrons. The first-order chi connectivity index (χ1) is 47.9. The molecular formula is C94H170N2Ni. The fraction of sp³-hybridized carbons (Fsp3) is 0.830. The number of rotatable bonds is 72. The van der Waals surface area contributed by atoms with Crippen molar-refractivity contribution >= 4 is 11.4 Å². The fourth-order valence-electron chi connectivity index (χ4n) is 15.2. The Balaban J connectivity index is 0.000000660. The summed E-state index contributed by atoms with van der Waals surface area (Å²) >= 11 is 2.05. The van der Waals surface area contributed by atoms with E-state index >= 15 is 0 Å². The minimum absolute atomic E-state index is 1.04.